The van der Waals surface area contributed by atoms with Crippen molar-refractivity contribution >= 4 is 51.9 Å². The van der Waals surface area contributed by atoms with E-state index >= 15 is 0 Å². The van der Waals surface area contributed by atoms with Crippen LogP contribution in [0, 0.1) is 10.1 Å². The van der Waals surface area contributed by atoms with E-state index in [1.807, 2.05) is 4.90 Å². The molecule has 2 aromatic rings. The third-order valence-corrected chi connectivity index (χ3v) is 5.17. The molecule has 3 rings (SSSR count). The van der Waals surface area contributed by atoms with E-state index in [4.69, 9.17) is 23.8 Å². The number of nitrogens with zero attached hydrogens (tertiary/aromatic N) is 2. The first-order chi connectivity index (χ1) is 14.6. The summed E-state index contributed by atoms with van der Waals surface area (Å²) in [6, 6.07) is 6.76. The number of nitro benzene ring substituents is 1. The van der Waals surface area contributed by atoms with Gasteiger partial charge in [0.05, 0.1) is 21.2 Å². The molecule has 1 aliphatic heterocycles. The van der Waals surface area contributed by atoms with Crippen LogP contribution in [0.2, 0.25) is 5.02 Å². The van der Waals surface area contributed by atoms with Crippen molar-refractivity contribution < 1.29 is 22.9 Å². The molecule has 1 amide bonds. The number of halogens is 4. The molecule has 0 atom stereocenters. The fraction of sp³-hybridized carbons (Fsp3) is 0.263. The zero-order valence-electron chi connectivity index (χ0n) is 15.8. The van der Waals surface area contributed by atoms with Gasteiger partial charge in [-0.2, -0.15) is 13.2 Å². The molecule has 0 aliphatic carbocycles. The number of carbonyl (C=O) groups excluding carboxylic acids is 1. The first kappa shape index (κ1) is 22.8. The molecule has 12 heteroatoms. The normalized spacial score (nSPS) is 13.7. The highest BCUT2D eigenvalue weighted by Crippen LogP contribution is 2.34. The van der Waals surface area contributed by atoms with E-state index in [0.29, 0.717) is 18.8 Å². The van der Waals surface area contributed by atoms with Gasteiger partial charge in [0, 0.05) is 24.7 Å². The Balaban J connectivity index is 1.72. The van der Waals surface area contributed by atoms with Crippen LogP contribution in [0.1, 0.15) is 28.8 Å². The lowest BCUT2D eigenvalue weighted by atomic mass is 10.1. The highest BCUT2D eigenvalue weighted by atomic mass is 35.5. The molecule has 7 nitrogen and oxygen atoms in total. The zero-order chi connectivity index (χ0) is 22.8. The molecule has 1 fully saturated rings. The molecular weight excluding hydrogens is 457 g/mol. The van der Waals surface area contributed by atoms with Crippen LogP contribution in [0.25, 0.3) is 0 Å². The van der Waals surface area contributed by atoms with Crippen LogP contribution < -0.4 is 15.5 Å². The van der Waals surface area contributed by atoms with Gasteiger partial charge >= 0.3 is 6.18 Å². The molecule has 1 aliphatic rings. The molecule has 0 saturated carbocycles. The maximum atomic E-state index is 12.7. The van der Waals surface area contributed by atoms with Gasteiger partial charge in [0.1, 0.15) is 5.69 Å². The van der Waals surface area contributed by atoms with Crippen LogP contribution in [0.15, 0.2) is 36.4 Å². The number of amides is 1. The minimum atomic E-state index is -4.55. The van der Waals surface area contributed by atoms with Crippen LogP contribution in [0.4, 0.5) is 30.2 Å². The minimum Gasteiger partial charge on any atom is -0.366 e. The van der Waals surface area contributed by atoms with Crippen LogP contribution in [-0.4, -0.2) is 29.0 Å². The van der Waals surface area contributed by atoms with Gasteiger partial charge in [0.2, 0.25) is 0 Å². The molecule has 0 bridgehead atoms. The van der Waals surface area contributed by atoms with Crippen molar-refractivity contribution in [3.8, 4) is 0 Å². The summed E-state index contributed by atoms with van der Waals surface area (Å²) in [5.74, 6) is -0.711. The predicted molar refractivity (Wildman–Crippen MR) is 115 cm³/mol. The summed E-state index contributed by atoms with van der Waals surface area (Å²) in [7, 11) is 0. The number of hydrogen-bond acceptors (Lipinski definition) is 5. The maximum absolute atomic E-state index is 12.7. The molecule has 0 aromatic heterocycles. The van der Waals surface area contributed by atoms with Crippen molar-refractivity contribution in [3.63, 3.8) is 0 Å². The summed E-state index contributed by atoms with van der Waals surface area (Å²) in [5, 5.41) is 15.9. The van der Waals surface area contributed by atoms with Crippen LogP contribution in [0.5, 0.6) is 0 Å². The fourth-order valence-electron chi connectivity index (χ4n) is 3.16. The van der Waals surface area contributed by atoms with Gasteiger partial charge in [-0.15, -0.1) is 0 Å². The number of carbonyl (C=O) groups is 1. The van der Waals surface area contributed by atoms with Gasteiger partial charge in [0.15, 0.2) is 5.11 Å². The minimum absolute atomic E-state index is 0.0114. The molecule has 2 N–H and O–H groups in total. The topological polar surface area (TPSA) is 87.5 Å². The Morgan fingerprint density at radius 3 is 2.42 bits per heavy atom. The molecule has 1 saturated heterocycles. The Kier molecular flexibility index (Phi) is 6.65. The van der Waals surface area contributed by atoms with Gasteiger partial charge in [-0.1, -0.05) is 11.6 Å². The van der Waals surface area contributed by atoms with Crippen molar-refractivity contribution in [1.29, 1.82) is 0 Å². The molecule has 164 valence electrons. The summed E-state index contributed by atoms with van der Waals surface area (Å²) in [4.78, 5) is 25.3. The quantitative estimate of drug-likeness (QED) is 0.370. The molecule has 2 aromatic carbocycles. The third-order valence-electron chi connectivity index (χ3n) is 4.65. The van der Waals surface area contributed by atoms with Crippen molar-refractivity contribution in [3.05, 3.63) is 62.7 Å². The van der Waals surface area contributed by atoms with E-state index < -0.39 is 22.6 Å². The summed E-state index contributed by atoms with van der Waals surface area (Å²) in [5.41, 5.74) is -0.605. The Labute approximate surface area is 185 Å². The number of thiocarbonyl (C=S) groups is 1. The number of anilines is 2. The average Bonchev–Trinajstić information content (AvgIpc) is 3.22. The Bertz CT molecular complexity index is 1040. The Morgan fingerprint density at radius 2 is 1.84 bits per heavy atom. The van der Waals surface area contributed by atoms with E-state index in [0.717, 1.165) is 37.1 Å². The SMILES string of the molecule is O=C(NC(=S)Nc1ccc(C(F)(F)F)cc1Cl)c1ccc(N2CCCC2)c([N+](=O)[O-])c1. The van der Waals surface area contributed by atoms with E-state index in [9.17, 15) is 28.1 Å². The van der Waals surface area contributed by atoms with E-state index in [2.05, 4.69) is 10.6 Å². The fourth-order valence-corrected chi connectivity index (χ4v) is 3.59. The largest absolute Gasteiger partial charge is 0.416 e. The molecule has 0 radical (unpaired) electrons. The van der Waals surface area contributed by atoms with E-state index in [1.54, 1.807) is 0 Å². The number of benzene rings is 2. The molecule has 31 heavy (non-hydrogen) atoms. The van der Waals surface area contributed by atoms with Crippen LogP contribution in [-0.2, 0) is 6.18 Å². The van der Waals surface area contributed by atoms with Gasteiger partial charge in [-0.3, -0.25) is 20.2 Å². The lowest BCUT2D eigenvalue weighted by Gasteiger charge is -2.18. The van der Waals surface area contributed by atoms with Gasteiger partial charge in [-0.25, -0.2) is 0 Å². The molecule has 1 heterocycles. The highest BCUT2D eigenvalue weighted by Gasteiger charge is 2.31. The third kappa shape index (κ3) is 5.42. The summed E-state index contributed by atoms with van der Waals surface area (Å²) >= 11 is 10.9. The number of alkyl halides is 3. The van der Waals surface area contributed by atoms with Gasteiger partial charge in [-0.05, 0) is 55.4 Å². The summed E-state index contributed by atoms with van der Waals surface area (Å²) in [6.45, 7) is 1.41. The highest BCUT2D eigenvalue weighted by molar-refractivity contribution is 7.80. The Hall–Kier alpha value is -2.92. The second-order valence-electron chi connectivity index (χ2n) is 6.76. The van der Waals surface area contributed by atoms with Crippen LogP contribution in [0.3, 0.4) is 0 Å². The molecule has 0 spiro atoms. The lowest BCUT2D eigenvalue weighted by molar-refractivity contribution is -0.384. The summed E-state index contributed by atoms with van der Waals surface area (Å²) in [6.07, 6.45) is -2.68. The first-order valence-corrected chi connectivity index (χ1v) is 9.87. The van der Waals surface area contributed by atoms with Crippen molar-refractivity contribution in [2.75, 3.05) is 23.3 Å². The lowest BCUT2D eigenvalue weighted by Crippen LogP contribution is -2.34. The maximum Gasteiger partial charge on any atom is 0.416 e. The smallest absolute Gasteiger partial charge is 0.366 e. The van der Waals surface area contributed by atoms with E-state index in [-0.39, 0.29) is 27.1 Å². The van der Waals surface area contributed by atoms with Crippen molar-refractivity contribution in [2.24, 2.45) is 0 Å². The van der Waals surface area contributed by atoms with Crippen molar-refractivity contribution in [1.82, 2.24) is 5.32 Å². The van der Waals surface area contributed by atoms with E-state index in [1.165, 1.54) is 12.1 Å². The monoisotopic (exact) mass is 472 g/mol. The second kappa shape index (κ2) is 9.06. The molecule has 0 unspecified atom stereocenters. The summed E-state index contributed by atoms with van der Waals surface area (Å²) < 4.78 is 38.2. The molecular formula is C19H16ClF3N4O3S. The number of nitro groups is 1. The van der Waals surface area contributed by atoms with Crippen LogP contribution >= 0.6 is 23.8 Å². The Morgan fingerprint density at radius 1 is 1.16 bits per heavy atom. The number of rotatable bonds is 4. The van der Waals surface area contributed by atoms with Gasteiger partial charge < -0.3 is 10.2 Å². The van der Waals surface area contributed by atoms with Gasteiger partial charge in [0.25, 0.3) is 11.6 Å². The number of nitrogens with one attached hydrogen (secondary N) is 2. The average molecular weight is 473 g/mol. The predicted octanol–water partition coefficient (Wildman–Crippen LogP) is 4.99. The second-order valence-corrected chi connectivity index (χ2v) is 7.57. The number of hydrogen-bond donors (Lipinski definition) is 2. The zero-order valence-corrected chi connectivity index (χ0v) is 17.4. The first-order valence-electron chi connectivity index (χ1n) is 9.09. The van der Waals surface area contributed by atoms with Crippen molar-refractivity contribution in [2.45, 2.75) is 19.0 Å². The standard InChI is InChI=1S/C19H16ClF3N4O3S/c20-13-10-12(19(21,22)23)4-5-14(13)24-18(31)25-17(28)11-3-6-15(16(9-11)27(29)30)26-7-1-2-8-26/h3-6,9-10H,1-2,7-8H2,(H2,24,25,28,31).